The van der Waals surface area contributed by atoms with Crippen molar-refractivity contribution < 1.29 is 9.59 Å². The summed E-state index contributed by atoms with van der Waals surface area (Å²) in [6.45, 7) is 6.87. The van der Waals surface area contributed by atoms with Crippen LogP contribution < -0.4 is 10.3 Å². The summed E-state index contributed by atoms with van der Waals surface area (Å²) in [5.41, 5.74) is 5.64. The Morgan fingerprint density at radius 3 is 2.41 bits per heavy atom. The van der Waals surface area contributed by atoms with Crippen LogP contribution in [0.4, 0.5) is 5.69 Å². The van der Waals surface area contributed by atoms with Crippen molar-refractivity contribution in [2.24, 2.45) is 11.0 Å². The number of carbonyl (C=O) groups excluding carboxylic acids is 2. The molecule has 0 unspecified atom stereocenters. The number of hydrogen-bond acceptors (Lipinski definition) is 3. The number of para-hydroxylation sites is 1. The number of nitrogens with one attached hydrogen (secondary N) is 1. The van der Waals surface area contributed by atoms with Gasteiger partial charge in [-0.2, -0.15) is 5.10 Å². The van der Waals surface area contributed by atoms with Gasteiger partial charge in [-0.25, -0.2) is 5.43 Å². The summed E-state index contributed by atoms with van der Waals surface area (Å²) in [5.74, 6) is -0.662. The van der Waals surface area contributed by atoms with E-state index in [4.69, 9.17) is 0 Å². The Morgan fingerprint density at radius 2 is 1.78 bits per heavy atom. The average Bonchev–Trinajstić information content (AvgIpc) is 3.04. The molecule has 1 aliphatic heterocycles. The van der Waals surface area contributed by atoms with Crippen LogP contribution in [0.25, 0.3) is 0 Å². The number of hydrazone groups is 1. The van der Waals surface area contributed by atoms with Gasteiger partial charge in [-0.1, -0.05) is 63.2 Å². The fourth-order valence-electron chi connectivity index (χ4n) is 3.07. The highest BCUT2D eigenvalue weighted by molar-refractivity contribution is 6.00. The molecule has 0 spiro atoms. The number of nitrogens with zero attached hydrogens (tertiary/aromatic N) is 2. The van der Waals surface area contributed by atoms with E-state index in [1.807, 2.05) is 42.5 Å². The van der Waals surface area contributed by atoms with E-state index in [9.17, 15) is 9.59 Å². The quantitative estimate of drug-likeness (QED) is 0.668. The van der Waals surface area contributed by atoms with Gasteiger partial charge >= 0.3 is 0 Å². The Hall–Kier alpha value is -2.95. The second-order valence-electron chi connectivity index (χ2n) is 7.85. The third kappa shape index (κ3) is 4.61. The van der Waals surface area contributed by atoms with Gasteiger partial charge in [0.15, 0.2) is 0 Å². The second-order valence-corrected chi connectivity index (χ2v) is 7.85. The summed E-state index contributed by atoms with van der Waals surface area (Å²) in [5, 5.41) is 4.05. The molecule has 2 aromatic rings. The molecular weight excluding hydrogens is 338 g/mol. The number of anilines is 1. The van der Waals surface area contributed by atoms with Crippen LogP contribution in [0.2, 0.25) is 0 Å². The van der Waals surface area contributed by atoms with Gasteiger partial charge in [0, 0.05) is 18.7 Å². The molecule has 0 saturated carbocycles. The number of hydrogen-bond donors (Lipinski definition) is 1. The molecule has 140 valence electrons. The first-order chi connectivity index (χ1) is 12.8. The molecule has 0 bridgehead atoms. The maximum atomic E-state index is 12.3. The fourth-order valence-corrected chi connectivity index (χ4v) is 3.07. The zero-order valence-electron chi connectivity index (χ0n) is 16.0. The molecule has 1 fully saturated rings. The third-order valence-electron chi connectivity index (χ3n) is 4.73. The Kier molecular flexibility index (Phi) is 5.40. The zero-order chi connectivity index (χ0) is 19.4. The zero-order valence-corrected chi connectivity index (χ0v) is 16.0. The molecular formula is C22H25N3O2. The Morgan fingerprint density at radius 1 is 1.11 bits per heavy atom. The summed E-state index contributed by atoms with van der Waals surface area (Å²) in [6, 6.07) is 17.5. The fraction of sp³-hybridized carbons (Fsp3) is 0.318. The van der Waals surface area contributed by atoms with Crippen molar-refractivity contribution in [2.45, 2.75) is 32.6 Å². The minimum atomic E-state index is -0.391. The van der Waals surface area contributed by atoms with Crippen molar-refractivity contribution in [1.29, 1.82) is 0 Å². The number of amides is 2. The predicted octanol–water partition coefficient (Wildman–Crippen LogP) is 3.49. The lowest BCUT2D eigenvalue weighted by Gasteiger charge is -2.18. The van der Waals surface area contributed by atoms with E-state index in [1.54, 1.807) is 11.1 Å². The summed E-state index contributed by atoms with van der Waals surface area (Å²) < 4.78 is 0. The van der Waals surface area contributed by atoms with Crippen LogP contribution in [0.1, 0.15) is 38.3 Å². The van der Waals surface area contributed by atoms with Crippen LogP contribution in [-0.2, 0) is 15.0 Å². The first-order valence-electron chi connectivity index (χ1n) is 9.13. The van der Waals surface area contributed by atoms with Crippen molar-refractivity contribution in [3.05, 3.63) is 65.7 Å². The molecule has 5 heteroatoms. The molecule has 27 heavy (non-hydrogen) atoms. The van der Waals surface area contributed by atoms with E-state index in [1.165, 1.54) is 5.56 Å². The molecule has 1 atom stereocenters. The molecule has 2 amide bonds. The summed E-state index contributed by atoms with van der Waals surface area (Å²) in [4.78, 5) is 26.2. The smallest absolute Gasteiger partial charge is 0.245 e. The van der Waals surface area contributed by atoms with E-state index in [2.05, 4.69) is 43.4 Å². The number of benzene rings is 2. The van der Waals surface area contributed by atoms with Crippen molar-refractivity contribution in [3.8, 4) is 0 Å². The molecule has 1 N–H and O–H groups in total. The average molecular weight is 363 g/mol. The van der Waals surface area contributed by atoms with Crippen LogP contribution in [0.15, 0.2) is 59.7 Å². The standard InChI is InChI=1S/C22H25N3O2/c1-22(2,3)18-11-9-16(10-12-18)14-23-24-21(27)17-13-20(26)25(15-17)19-7-5-4-6-8-19/h4-12,14,17H,13,15H2,1-3H3,(H,24,27)/b23-14-/t17-/m1/s1. The van der Waals surface area contributed by atoms with Gasteiger partial charge in [0.25, 0.3) is 0 Å². The van der Waals surface area contributed by atoms with E-state index in [0.29, 0.717) is 6.54 Å². The van der Waals surface area contributed by atoms with Gasteiger partial charge in [0.1, 0.15) is 0 Å². The molecule has 5 nitrogen and oxygen atoms in total. The molecule has 3 rings (SSSR count). The van der Waals surface area contributed by atoms with Crippen molar-refractivity contribution in [2.75, 3.05) is 11.4 Å². The first-order valence-corrected chi connectivity index (χ1v) is 9.13. The lowest BCUT2D eigenvalue weighted by molar-refractivity contribution is -0.126. The molecule has 0 radical (unpaired) electrons. The van der Waals surface area contributed by atoms with Gasteiger partial charge in [-0.3, -0.25) is 9.59 Å². The second kappa shape index (κ2) is 7.74. The highest BCUT2D eigenvalue weighted by Gasteiger charge is 2.34. The molecule has 1 saturated heterocycles. The first kappa shape index (κ1) is 18.8. The molecule has 1 aliphatic rings. The predicted molar refractivity (Wildman–Crippen MR) is 108 cm³/mol. The highest BCUT2D eigenvalue weighted by atomic mass is 16.2. The normalized spacial score (nSPS) is 17.5. The van der Waals surface area contributed by atoms with Crippen molar-refractivity contribution >= 4 is 23.7 Å². The van der Waals surface area contributed by atoms with E-state index < -0.39 is 5.92 Å². The SMILES string of the molecule is CC(C)(C)c1ccc(/C=N\NC(=O)[C@@H]2CC(=O)N(c3ccccc3)C2)cc1. The van der Waals surface area contributed by atoms with Crippen molar-refractivity contribution in [1.82, 2.24) is 5.43 Å². The molecule has 0 aromatic heterocycles. The van der Waals surface area contributed by atoms with Gasteiger partial charge in [-0.05, 0) is 28.7 Å². The maximum absolute atomic E-state index is 12.3. The lowest BCUT2D eigenvalue weighted by Crippen LogP contribution is -2.30. The Balaban J connectivity index is 1.57. The van der Waals surface area contributed by atoms with Crippen LogP contribution in [0.3, 0.4) is 0 Å². The van der Waals surface area contributed by atoms with Gasteiger partial charge < -0.3 is 4.90 Å². The third-order valence-corrected chi connectivity index (χ3v) is 4.73. The van der Waals surface area contributed by atoms with Crippen molar-refractivity contribution in [3.63, 3.8) is 0 Å². The van der Waals surface area contributed by atoms with Gasteiger partial charge in [0.2, 0.25) is 11.8 Å². The number of carbonyl (C=O) groups is 2. The van der Waals surface area contributed by atoms with Crippen LogP contribution in [0.5, 0.6) is 0 Å². The highest BCUT2D eigenvalue weighted by Crippen LogP contribution is 2.25. The monoisotopic (exact) mass is 363 g/mol. The van der Waals surface area contributed by atoms with E-state index in [0.717, 1.165) is 11.3 Å². The summed E-state index contributed by atoms with van der Waals surface area (Å²) in [7, 11) is 0. The van der Waals surface area contributed by atoms with Gasteiger partial charge in [-0.15, -0.1) is 0 Å². The summed E-state index contributed by atoms with van der Waals surface area (Å²) >= 11 is 0. The topological polar surface area (TPSA) is 61.8 Å². The van der Waals surface area contributed by atoms with E-state index >= 15 is 0 Å². The largest absolute Gasteiger partial charge is 0.312 e. The molecule has 2 aromatic carbocycles. The van der Waals surface area contributed by atoms with Crippen LogP contribution >= 0.6 is 0 Å². The number of rotatable bonds is 4. The Bertz CT molecular complexity index is 836. The minimum Gasteiger partial charge on any atom is -0.312 e. The maximum Gasteiger partial charge on any atom is 0.245 e. The lowest BCUT2D eigenvalue weighted by atomic mass is 9.87. The van der Waals surface area contributed by atoms with Crippen LogP contribution in [0, 0.1) is 5.92 Å². The Labute approximate surface area is 160 Å². The van der Waals surface area contributed by atoms with Gasteiger partial charge in [0.05, 0.1) is 12.1 Å². The molecule has 1 heterocycles. The molecule has 0 aliphatic carbocycles. The van der Waals surface area contributed by atoms with E-state index in [-0.39, 0.29) is 23.7 Å². The minimum absolute atomic E-state index is 0.0388. The van der Waals surface area contributed by atoms with Crippen LogP contribution in [-0.4, -0.2) is 24.6 Å². The summed E-state index contributed by atoms with van der Waals surface area (Å²) in [6.07, 6.45) is 1.83.